The van der Waals surface area contributed by atoms with Crippen molar-refractivity contribution in [1.29, 1.82) is 0 Å². The van der Waals surface area contributed by atoms with Crippen molar-refractivity contribution in [3.8, 4) is 0 Å². The first-order valence-electron chi connectivity index (χ1n) is 10.5. The van der Waals surface area contributed by atoms with E-state index < -0.39 is 17.9 Å². The van der Waals surface area contributed by atoms with Crippen LogP contribution in [0.2, 0.25) is 5.02 Å². The van der Waals surface area contributed by atoms with Gasteiger partial charge < -0.3 is 10.2 Å². The van der Waals surface area contributed by atoms with Gasteiger partial charge in [-0.3, -0.25) is 4.79 Å². The highest BCUT2D eigenvalue weighted by Gasteiger charge is 2.53. The molecule has 0 bridgehead atoms. The van der Waals surface area contributed by atoms with Crippen LogP contribution in [0.15, 0.2) is 30.6 Å². The second kappa shape index (κ2) is 7.48. The van der Waals surface area contributed by atoms with Gasteiger partial charge in [0, 0.05) is 24.2 Å². The average molecular weight is 436 g/mol. The van der Waals surface area contributed by atoms with E-state index >= 15 is 0 Å². The van der Waals surface area contributed by atoms with Gasteiger partial charge in [0.1, 0.15) is 12.4 Å². The molecule has 5 rings (SSSR count). The number of alkyl halides is 2. The maximum absolute atomic E-state index is 13.5. The van der Waals surface area contributed by atoms with E-state index in [1.807, 2.05) is 29.2 Å². The zero-order valence-corrected chi connectivity index (χ0v) is 17.2. The van der Waals surface area contributed by atoms with Gasteiger partial charge in [0.15, 0.2) is 0 Å². The molecule has 1 saturated heterocycles. The number of anilines is 1. The Bertz CT molecular complexity index is 922. The number of carbonyl (C=O) groups is 1. The Morgan fingerprint density at radius 1 is 1.20 bits per heavy atom. The SMILES string of the molecule is O=C(N1CCC([C@@H]2C[C@H](C(F)F)n3ncnc3N2)CC1)C1(c2ccc(Cl)cc2)CC1. The summed E-state index contributed by atoms with van der Waals surface area (Å²) in [6, 6.07) is 6.54. The molecule has 1 aliphatic carbocycles. The Kier molecular flexibility index (Phi) is 4.92. The summed E-state index contributed by atoms with van der Waals surface area (Å²) in [5.41, 5.74) is 0.629. The molecule has 9 heteroatoms. The van der Waals surface area contributed by atoms with Crippen molar-refractivity contribution in [2.24, 2.45) is 5.92 Å². The Labute approximate surface area is 178 Å². The molecule has 1 aromatic heterocycles. The first-order valence-corrected chi connectivity index (χ1v) is 10.9. The summed E-state index contributed by atoms with van der Waals surface area (Å²) in [6.07, 6.45) is 2.47. The molecule has 3 heterocycles. The van der Waals surface area contributed by atoms with Gasteiger partial charge in [-0.15, -0.1) is 0 Å². The number of nitrogens with one attached hydrogen (secondary N) is 1. The molecule has 1 amide bonds. The normalized spacial score (nSPS) is 25.7. The van der Waals surface area contributed by atoms with Gasteiger partial charge in [-0.1, -0.05) is 23.7 Å². The molecular weight excluding hydrogens is 412 g/mol. The number of rotatable bonds is 4. The van der Waals surface area contributed by atoms with E-state index in [1.165, 1.54) is 11.0 Å². The van der Waals surface area contributed by atoms with Crippen molar-refractivity contribution < 1.29 is 13.6 Å². The lowest BCUT2D eigenvalue weighted by Crippen LogP contribution is -2.48. The highest BCUT2D eigenvalue weighted by molar-refractivity contribution is 6.30. The number of fused-ring (bicyclic) bond motifs is 1. The number of likely N-dealkylation sites (tertiary alicyclic amines) is 1. The fourth-order valence-corrected chi connectivity index (χ4v) is 5.15. The van der Waals surface area contributed by atoms with Crippen molar-refractivity contribution in [2.75, 3.05) is 18.4 Å². The highest BCUT2D eigenvalue weighted by Crippen LogP contribution is 2.50. The molecule has 1 saturated carbocycles. The van der Waals surface area contributed by atoms with E-state index in [1.54, 1.807) is 0 Å². The molecule has 2 aliphatic heterocycles. The predicted molar refractivity (Wildman–Crippen MR) is 109 cm³/mol. The Balaban J connectivity index is 1.24. The van der Waals surface area contributed by atoms with Crippen LogP contribution in [0.25, 0.3) is 0 Å². The van der Waals surface area contributed by atoms with Crippen LogP contribution in [0.3, 0.4) is 0 Å². The summed E-state index contributed by atoms with van der Waals surface area (Å²) < 4.78 is 28.4. The minimum Gasteiger partial charge on any atom is -0.351 e. The molecule has 1 N–H and O–H groups in total. The Morgan fingerprint density at radius 3 is 2.53 bits per heavy atom. The van der Waals surface area contributed by atoms with Crippen LogP contribution in [-0.4, -0.2) is 51.1 Å². The van der Waals surface area contributed by atoms with Crippen LogP contribution in [0, 0.1) is 5.92 Å². The lowest BCUT2D eigenvalue weighted by Gasteiger charge is -2.40. The van der Waals surface area contributed by atoms with E-state index in [0.29, 0.717) is 30.5 Å². The third kappa shape index (κ3) is 3.35. The largest absolute Gasteiger partial charge is 0.351 e. The van der Waals surface area contributed by atoms with E-state index in [2.05, 4.69) is 15.4 Å². The minimum absolute atomic E-state index is 0.0795. The number of halogens is 3. The van der Waals surface area contributed by atoms with Crippen molar-refractivity contribution >= 4 is 23.5 Å². The van der Waals surface area contributed by atoms with Crippen LogP contribution in [0.4, 0.5) is 14.7 Å². The smallest absolute Gasteiger partial charge is 0.260 e. The first kappa shape index (κ1) is 19.7. The van der Waals surface area contributed by atoms with E-state index in [0.717, 1.165) is 31.2 Å². The molecule has 0 radical (unpaired) electrons. The second-order valence-electron chi connectivity index (χ2n) is 8.64. The Morgan fingerprint density at radius 2 is 1.90 bits per heavy atom. The zero-order valence-electron chi connectivity index (χ0n) is 16.5. The zero-order chi connectivity index (χ0) is 20.9. The Hall–Kier alpha value is -2.22. The molecule has 2 atom stereocenters. The van der Waals surface area contributed by atoms with Gasteiger partial charge in [-0.05, 0) is 55.7 Å². The van der Waals surface area contributed by atoms with Crippen molar-refractivity contribution in [3.05, 3.63) is 41.2 Å². The van der Waals surface area contributed by atoms with Crippen LogP contribution in [0.1, 0.15) is 43.7 Å². The van der Waals surface area contributed by atoms with Crippen molar-refractivity contribution in [2.45, 2.75) is 56.0 Å². The number of carbonyl (C=O) groups excluding carboxylic acids is 1. The van der Waals surface area contributed by atoms with Gasteiger partial charge in [-0.25, -0.2) is 13.5 Å². The molecule has 2 aromatic rings. The predicted octanol–water partition coefficient (Wildman–Crippen LogP) is 3.89. The van der Waals surface area contributed by atoms with Crippen LogP contribution >= 0.6 is 11.6 Å². The van der Waals surface area contributed by atoms with Gasteiger partial charge >= 0.3 is 0 Å². The monoisotopic (exact) mass is 435 g/mol. The van der Waals surface area contributed by atoms with E-state index in [9.17, 15) is 13.6 Å². The summed E-state index contributed by atoms with van der Waals surface area (Å²) in [5.74, 6) is 0.825. The molecule has 1 aromatic carbocycles. The van der Waals surface area contributed by atoms with Crippen LogP contribution in [-0.2, 0) is 10.2 Å². The van der Waals surface area contributed by atoms with Crippen molar-refractivity contribution in [1.82, 2.24) is 19.7 Å². The topological polar surface area (TPSA) is 63.1 Å². The molecule has 2 fully saturated rings. The number of benzene rings is 1. The van der Waals surface area contributed by atoms with E-state index in [4.69, 9.17) is 11.6 Å². The number of amides is 1. The lowest BCUT2D eigenvalue weighted by atomic mass is 9.84. The number of nitrogens with zero attached hydrogens (tertiary/aromatic N) is 4. The molecule has 3 aliphatic rings. The van der Waals surface area contributed by atoms with Gasteiger partial charge in [0.05, 0.1) is 5.41 Å². The molecule has 30 heavy (non-hydrogen) atoms. The summed E-state index contributed by atoms with van der Waals surface area (Å²) in [5, 5.41) is 7.90. The third-order valence-electron chi connectivity index (χ3n) is 6.94. The highest BCUT2D eigenvalue weighted by atomic mass is 35.5. The molecule has 160 valence electrons. The fraction of sp³-hybridized carbons (Fsp3) is 0.571. The van der Waals surface area contributed by atoms with Crippen LogP contribution in [0.5, 0.6) is 0 Å². The fourth-order valence-electron chi connectivity index (χ4n) is 5.03. The van der Waals surface area contributed by atoms with Gasteiger partial charge in [0.2, 0.25) is 11.9 Å². The maximum atomic E-state index is 13.5. The summed E-state index contributed by atoms with van der Waals surface area (Å²) in [4.78, 5) is 19.3. The molecular formula is C21H24ClF2N5O. The van der Waals surface area contributed by atoms with Gasteiger partial charge in [-0.2, -0.15) is 10.1 Å². The molecule has 0 unspecified atom stereocenters. The number of piperidine rings is 1. The lowest BCUT2D eigenvalue weighted by molar-refractivity contribution is -0.135. The number of aromatic nitrogens is 3. The maximum Gasteiger partial charge on any atom is 0.260 e. The van der Waals surface area contributed by atoms with E-state index in [-0.39, 0.29) is 17.9 Å². The van der Waals surface area contributed by atoms with Crippen LogP contribution < -0.4 is 5.32 Å². The average Bonchev–Trinajstić information content (AvgIpc) is 3.43. The third-order valence-corrected chi connectivity index (χ3v) is 7.19. The minimum atomic E-state index is -2.48. The summed E-state index contributed by atoms with van der Waals surface area (Å²) in [7, 11) is 0. The second-order valence-corrected chi connectivity index (χ2v) is 9.07. The number of hydrogen-bond donors (Lipinski definition) is 1. The summed E-state index contributed by atoms with van der Waals surface area (Å²) in [6.45, 7) is 1.31. The quantitative estimate of drug-likeness (QED) is 0.791. The molecule has 0 spiro atoms. The number of hydrogen-bond acceptors (Lipinski definition) is 4. The van der Waals surface area contributed by atoms with Gasteiger partial charge in [0.25, 0.3) is 6.43 Å². The summed E-state index contributed by atoms with van der Waals surface area (Å²) >= 11 is 6.00. The first-order chi connectivity index (χ1) is 14.5. The molecule has 6 nitrogen and oxygen atoms in total. The van der Waals surface area contributed by atoms with Crippen molar-refractivity contribution in [3.63, 3.8) is 0 Å². The standard InChI is InChI=1S/C21H24ClF2N5O/c22-15-3-1-14(2-4-15)21(7-8-21)19(30)28-9-5-13(6-10-28)16-11-17(18(23)24)29-20(27-16)25-12-26-29/h1-4,12-13,16-18H,5-11H2,(H,25,26,27)/t16-,17+/m0/s1.